The molecule has 31 heavy (non-hydrogen) atoms. The van der Waals surface area contributed by atoms with Gasteiger partial charge in [-0.05, 0) is 50.1 Å². The first-order valence-corrected chi connectivity index (χ1v) is 12.2. The van der Waals surface area contributed by atoms with Crippen LogP contribution < -0.4 is 5.32 Å². The molecule has 7 nitrogen and oxygen atoms in total. The molecule has 0 bridgehead atoms. The smallest absolute Gasteiger partial charge is 0.258 e. The van der Waals surface area contributed by atoms with Gasteiger partial charge in [-0.3, -0.25) is 4.79 Å². The number of nitrogens with one attached hydrogen (secondary N) is 1. The van der Waals surface area contributed by atoms with Gasteiger partial charge in [-0.2, -0.15) is 9.78 Å². The quantitative estimate of drug-likeness (QED) is 0.481. The SMILES string of the molecule is CCS(=O)(=O)c1ccccc1C(=O)Nc1cc(C)nn1-c1nc2c(C)cc(C)cc2s1. The topological polar surface area (TPSA) is 94.0 Å². The average Bonchev–Trinajstić information content (AvgIpc) is 3.31. The van der Waals surface area contributed by atoms with Crippen LogP contribution in [0.2, 0.25) is 0 Å². The van der Waals surface area contributed by atoms with Gasteiger partial charge in [0.1, 0.15) is 5.82 Å². The molecule has 9 heteroatoms. The fourth-order valence-corrected chi connectivity index (χ4v) is 5.65. The fourth-order valence-electron chi connectivity index (χ4n) is 3.45. The Morgan fingerprint density at radius 3 is 2.61 bits per heavy atom. The first-order chi connectivity index (χ1) is 14.7. The molecule has 2 aromatic heterocycles. The average molecular weight is 455 g/mol. The van der Waals surface area contributed by atoms with Crippen molar-refractivity contribution in [2.75, 3.05) is 11.1 Å². The second kappa shape index (κ2) is 7.90. The number of hydrogen-bond acceptors (Lipinski definition) is 6. The van der Waals surface area contributed by atoms with Gasteiger partial charge >= 0.3 is 0 Å². The van der Waals surface area contributed by atoms with Crippen LogP contribution in [0.1, 0.15) is 34.1 Å². The van der Waals surface area contributed by atoms with Crippen LogP contribution in [0.15, 0.2) is 47.4 Å². The zero-order valence-electron chi connectivity index (χ0n) is 17.6. The van der Waals surface area contributed by atoms with Crippen LogP contribution in [-0.4, -0.2) is 34.8 Å². The summed E-state index contributed by atoms with van der Waals surface area (Å²) in [6.07, 6.45) is 0. The summed E-state index contributed by atoms with van der Waals surface area (Å²) < 4.78 is 27.5. The number of hydrogen-bond donors (Lipinski definition) is 1. The van der Waals surface area contributed by atoms with Crippen molar-refractivity contribution in [3.8, 4) is 5.13 Å². The van der Waals surface area contributed by atoms with Crippen LogP contribution in [0.4, 0.5) is 5.82 Å². The van der Waals surface area contributed by atoms with Crippen molar-refractivity contribution in [2.24, 2.45) is 0 Å². The maximum absolute atomic E-state index is 13.0. The summed E-state index contributed by atoms with van der Waals surface area (Å²) in [4.78, 5) is 17.8. The molecular formula is C22H22N4O3S2. The van der Waals surface area contributed by atoms with E-state index in [4.69, 9.17) is 4.98 Å². The Bertz CT molecular complexity index is 1420. The first kappa shape index (κ1) is 21.2. The standard InChI is InChI=1S/C22H22N4O3S2/c1-5-31(28,29)18-9-7-6-8-16(18)21(27)23-19-12-15(4)25-26(19)22-24-20-14(3)10-13(2)11-17(20)30-22/h6-12H,5H2,1-4H3,(H,23,27). The number of nitrogens with zero attached hydrogens (tertiary/aromatic N) is 3. The summed E-state index contributed by atoms with van der Waals surface area (Å²) in [6.45, 7) is 7.43. The lowest BCUT2D eigenvalue weighted by Crippen LogP contribution is -2.19. The molecule has 1 amide bonds. The molecule has 0 spiro atoms. The second-order valence-electron chi connectivity index (χ2n) is 7.36. The summed E-state index contributed by atoms with van der Waals surface area (Å²) in [5.41, 5.74) is 3.93. The van der Waals surface area contributed by atoms with Crippen LogP contribution in [0.25, 0.3) is 15.3 Å². The molecule has 0 saturated heterocycles. The third-order valence-electron chi connectivity index (χ3n) is 4.92. The molecule has 2 heterocycles. The number of amides is 1. The lowest BCUT2D eigenvalue weighted by molar-refractivity contribution is 0.102. The normalized spacial score (nSPS) is 11.7. The molecular weight excluding hydrogens is 432 g/mol. The number of anilines is 1. The van der Waals surface area contributed by atoms with E-state index < -0.39 is 15.7 Å². The molecule has 2 aromatic carbocycles. The van der Waals surface area contributed by atoms with E-state index in [1.54, 1.807) is 29.8 Å². The Hall–Kier alpha value is -3.04. The number of aryl methyl sites for hydroxylation is 3. The first-order valence-electron chi connectivity index (χ1n) is 9.77. The van der Waals surface area contributed by atoms with Crippen LogP contribution in [0.3, 0.4) is 0 Å². The molecule has 0 radical (unpaired) electrons. The van der Waals surface area contributed by atoms with Crippen LogP contribution in [-0.2, 0) is 9.84 Å². The summed E-state index contributed by atoms with van der Waals surface area (Å²) in [5.74, 6) is -0.166. The van der Waals surface area contributed by atoms with Gasteiger partial charge in [-0.15, -0.1) is 0 Å². The van der Waals surface area contributed by atoms with Crippen LogP contribution in [0, 0.1) is 20.8 Å². The maximum Gasteiger partial charge on any atom is 0.258 e. The molecule has 4 aromatic rings. The molecule has 0 fully saturated rings. The number of aromatic nitrogens is 3. The van der Waals surface area contributed by atoms with Gasteiger partial charge in [0.15, 0.2) is 9.84 Å². The van der Waals surface area contributed by atoms with E-state index in [9.17, 15) is 13.2 Å². The monoisotopic (exact) mass is 454 g/mol. The number of benzene rings is 2. The lowest BCUT2D eigenvalue weighted by atomic mass is 10.1. The Labute approximate surface area is 184 Å². The molecule has 0 aliphatic rings. The number of fused-ring (bicyclic) bond motifs is 1. The molecule has 4 rings (SSSR count). The van der Waals surface area contributed by atoms with E-state index >= 15 is 0 Å². The van der Waals surface area contributed by atoms with E-state index in [2.05, 4.69) is 22.5 Å². The largest absolute Gasteiger partial charge is 0.306 e. The third kappa shape index (κ3) is 3.98. The predicted octanol–water partition coefficient (Wildman–Crippen LogP) is 4.45. The van der Waals surface area contributed by atoms with Crippen molar-refractivity contribution in [1.29, 1.82) is 0 Å². The number of thiazole rings is 1. The van der Waals surface area contributed by atoms with Gasteiger partial charge in [0, 0.05) is 6.07 Å². The fraction of sp³-hybridized carbons (Fsp3) is 0.227. The number of rotatable bonds is 5. The van der Waals surface area contributed by atoms with Crippen molar-refractivity contribution >= 4 is 43.1 Å². The molecule has 0 aliphatic carbocycles. The van der Waals surface area contributed by atoms with E-state index in [0.29, 0.717) is 16.6 Å². The summed E-state index contributed by atoms with van der Waals surface area (Å²) in [6, 6.07) is 12.1. The Balaban J connectivity index is 1.75. The molecule has 160 valence electrons. The Kier molecular flexibility index (Phi) is 5.40. The minimum Gasteiger partial charge on any atom is -0.306 e. The van der Waals surface area contributed by atoms with Gasteiger partial charge in [0.2, 0.25) is 5.13 Å². The van der Waals surface area contributed by atoms with E-state index in [-0.39, 0.29) is 16.2 Å². The molecule has 0 saturated carbocycles. The molecule has 0 aliphatic heterocycles. The highest BCUT2D eigenvalue weighted by Gasteiger charge is 2.22. The zero-order chi connectivity index (χ0) is 22.3. The Morgan fingerprint density at radius 1 is 1.13 bits per heavy atom. The van der Waals surface area contributed by atoms with Gasteiger partial charge in [0.05, 0.1) is 32.1 Å². The van der Waals surface area contributed by atoms with Crippen molar-refractivity contribution < 1.29 is 13.2 Å². The highest BCUT2D eigenvalue weighted by molar-refractivity contribution is 7.91. The van der Waals surface area contributed by atoms with Crippen molar-refractivity contribution in [3.05, 3.63) is 64.8 Å². The number of carbonyl (C=O) groups is 1. The van der Waals surface area contributed by atoms with Gasteiger partial charge in [-0.25, -0.2) is 13.4 Å². The summed E-state index contributed by atoms with van der Waals surface area (Å²) in [5, 5.41) is 7.94. The maximum atomic E-state index is 13.0. The van der Waals surface area contributed by atoms with Gasteiger partial charge in [0.25, 0.3) is 5.91 Å². The number of sulfone groups is 1. The predicted molar refractivity (Wildman–Crippen MR) is 123 cm³/mol. The summed E-state index contributed by atoms with van der Waals surface area (Å²) in [7, 11) is -3.54. The van der Waals surface area contributed by atoms with Crippen molar-refractivity contribution in [1.82, 2.24) is 14.8 Å². The van der Waals surface area contributed by atoms with Gasteiger partial charge in [-0.1, -0.05) is 36.5 Å². The van der Waals surface area contributed by atoms with E-state index in [1.165, 1.54) is 23.5 Å². The highest BCUT2D eigenvalue weighted by Crippen LogP contribution is 2.30. The van der Waals surface area contributed by atoms with Gasteiger partial charge < -0.3 is 5.32 Å². The Morgan fingerprint density at radius 2 is 1.87 bits per heavy atom. The van der Waals surface area contributed by atoms with Crippen LogP contribution in [0.5, 0.6) is 0 Å². The molecule has 1 N–H and O–H groups in total. The minimum absolute atomic E-state index is 0.0175. The minimum atomic E-state index is -3.54. The zero-order valence-corrected chi connectivity index (χ0v) is 19.3. The van der Waals surface area contributed by atoms with E-state index in [1.807, 2.05) is 20.8 Å². The van der Waals surface area contributed by atoms with Crippen LogP contribution >= 0.6 is 11.3 Å². The van der Waals surface area contributed by atoms with Crippen molar-refractivity contribution in [2.45, 2.75) is 32.6 Å². The molecule has 0 unspecified atom stereocenters. The number of carbonyl (C=O) groups excluding carboxylic acids is 1. The van der Waals surface area contributed by atoms with E-state index in [0.717, 1.165) is 21.3 Å². The molecule has 0 atom stereocenters. The third-order valence-corrected chi connectivity index (χ3v) is 7.68. The highest BCUT2D eigenvalue weighted by atomic mass is 32.2. The van der Waals surface area contributed by atoms with Crippen molar-refractivity contribution in [3.63, 3.8) is 0 Å². The lowest BCUT2D eigenvalue weighted by Gasteiger charge is -2.10. The summed E-state index contributed by atoms with van der Waals surface area (Å²) >= 11 is 1.48. The second-order valence-corrected chi connectivity index (χ2v) is 10.6.